The average molecular weight is 445 g/mol. The first kappa shape index (κ1) is 20.8. The topological polar surface area (TPSA) is 6.48 Å². The minimum absolute atomic E-state index is 0.531. The van der Waals surface area contributed by atoms with Crippen LogP contribution < -0.4 is 0 Å². The third kappa shape index (κ3) is 7.74. The van der Waals surface area contributed by atoms with Crippen LogP contribution in [0.25, 0.3) is 0 Å². The Bertz CT molecular complexity index is 359. The van der Waals surface area contributed by atoms with Gasteiger partial charge in [-0.2, -0.15) is 0 Å². The van der Waals surface area contributed by atoms with Gasteiger partial charge in [-0.05, 0) is 61.1 Å². The molecular formula is C14H24N2S7. The van der Waals surface area contributed by atoms with Crippen LogP contribution >= 0.6 is 79.4 Å². The number of nitrogens with zero attached hydrogens (tertiary/aromatic N) is 2. The zero-order valence-electron chi connectivity index (χ0n) is 13.6. The quantitative estimate of drug-likeness (QED) is 0.276. The van der Waals surface area contributed by atoms with Crippen LogP contribution in [0.4, 0.5) is 0 Å². The van der Waals surface area contributed by atoms with E-state index in [9.17, 15) is 0 Å². The normalized spacial score (nSPS) is 20.8. The largest absolute Gasteiger partial charge is 0.357 e. The first-order valence-electron chi connectivity index (χ1n) is 7.96. The fourth-order valence-electron chi connectivity index (χ4n) is 2.44. The molecule has 2 heterocycles. The highest BCUT2D eigenvalue weighted by Gasteiger charge is 2.19. The van der Waals surface area contributed by atoms with Crippen LogP contribution in [0.15, 0.2) is 0 Å². The molecule has 0 N–H and O–H groups in total. The van der Waals surface area contributed by atoms with Gasteiger partial charge in [-0.25, -0.2) is 0 Å². The molecule has 0 radical (unpaired) electrons. The Morgan fingerprint density at radius 3 is 1.43 bits per heavy atom. The lowest BCUT2D eigenvalue weighted by molar-refractivity contribution is 0.539. The third-order valence-electron chi connectivity index (χ3n) is 3.62. The number of thiocarbonyl (C=S) groups is 2. The molecule has 0 aromatic carbocycles. The molecule has 9 heteroatoms. The summed E-state index contributed by atoms with van der Waals surface area (Å²) in [6.45, 7) is 9.12. The van der Waals surface area contributed by atoms with E-state index in [0.717, 1.165) is 34.8 Å². The van der Waals surface area contributed by atoms with Crippen molar-refractivity contribution in [3.05, 3.63) is 0 Å². The van der Waals surface area contributed by atoms with E-state index in [1.165, 1.54) is 25.7 Å². The number of likely N-dealkylation sites (tertiary alicyclic amines) is 2. The molecule has 0 aromatic heterocycles. The van der Waals surface area contributed by atoms with E-state index in [2.05, 4.69) is 23.6 Å². The fraction of sp³-hybridized carbons (Fsp3) is 0.857. The summed E-state index contributed by atoms with van der Waals surface area (Å²) >= 11 is 13.0. The molecule has 2 saturated heterocycles. The maximum atomic E-state index is 5.52. The predicted octanol–water partition coefficient (Wildman–Crippen LogP) is 5.94. The Balaban J connectivity index is 1.57. The van der Waals surface area contributed by atoms with Gasteiger partial charge in [0, 0.05) is 26.2 Å². The monoisotopic (exact) mass is 444 g/mol. The zero-order valence-corrected chi connectivity index (χ0v) is 19.3. The summed E-state index contributed by atoms with van der Waals surface area (Å²) < 4.78 is 3.18. The summed E-state index contributed by atoms with van der Waals surface area (Å²) in [5, 5.41) is 0. The van der Waals surface area contributed by atoms with Crippen LogP contribution in [0.1, 0.15) is 39.5 Å². The van der Waals surface area contributed by atoms with Gasteiger partial charge < -0.3 is 9.80 Å². The molecule has 0 aromatic rings. The van der Waals surface area contributed by atoms with Crippen LogP contribution in [-0.4, -0.2) is 53.8 Å². The van der Waals surface area contributed by atoms with E-state index in [0.29, 0.717) is 9.16 Å². The molecule has 2 fully saturated rings. The highest BCUT2D eigenvalue weighted by molar-refractivity contribution is 8.86. The van der Waals surface area contributed by atoms with Gasteiger partial charge in [-0.3, -0.25) is 0 Å². The highest BCUT2D eigenvalue weighted by Crippen LogP contribution is 2.43. The minimum atomic E-state index is 0.531. The minimum Gasteiger partial charge on any atom is -0.357 e. The molecule has 0 aliphatic carbocycles. The predicted molar refractivity (Wildman–Crippen MR) is 124 cm³/mol. The lowest BCUT2D eigenvalue weighted by atomic mass is 10.4. The van der Waals surface area contributed by atoms with Crippen LogP contribution in [0.2, 0.25) is 0 Å². The molecule has 2 unspecified atom stereocenters. The SMILES string of the molecule is CC(SSC(=S)N1CCCC1)SC(C)SSC(=S)N1CCCC1. The fourth-order valence-corrected chi connectivity index (χ4v) is 10.1. The third-order valence-corrected chi connectivity index (χ3v) is 12.8. The van der Waals surface area contributed by atoms with Gasteiger partial charge in [-0.15, -0.1) is 11.8 Å². The van der Waals surface area contributed by atoms with Crippen molar-refractivity contribution < 1.29 is 0 Å². The van der Waals surface area contributed by atoms with Gasteiger partial charge in [-0.1, -0.05) is 46.0 Å². The van der Waals surface area contributed by atoms with Gasteiger partial charge in [0.05, 0.1) is 9.16 Å². The average Bonchev–Trinajstić information content (AvgIpc) is 3.22. The maximum Gasteiger partial charge on any atom is 0.147 e. The Morgan fingerprint density at radius 2 is 1.09 bits per heavy atom. The van der Waals surface area contributed by atoms with E-state index in [1.54, 1.807) is 21.6 Å². The second-order valence-electron chi connectivity index (χ2n) is 5.55. The Hall–Kier alpha value is 1.53. The maximum absolute atomic E-state index is 5.52. The second-order valence-corrected chi connectivity index (χ2v) is 14.2. The van der Waals surface area contributed by atoms with E-state index in [1.807, 2.05) is 33.3 Å². The Labute approximate surface area is 171 Å². The van der Waals surface area contributed by atoms with Crippen molar-refractivity contribution >= 4 is 88.0 Å². The number of hydrogen-bond donors (Lipinski definition) is 0. The van der Waals surface area contributed by atoms with Crippen LogP contribution in [0, 0.1) is 0 Å². The van der Waals surface area contributed by atoms with Crippen molar-refractivity contribution in [1.82, 2.24) is 9.80 Å². The summed E-state index contributed by atoms with van der Waals surface area (Å²) in [6.07, 6.45) is 5.16. The first-order chi connectivity index (χ1) is 11.1. The smallest absolute Gasteiger partial charge is 0.147 e. The highest BCUT2D eigenvalue weighted by atomic mass is 33.1. The zero-order chi connectivity index (χ0) is 16.7. The molecule has 0 saturated carbocycles. The summed E-state index contributed by atoms with van der Waals surface area (Å²) in [6, 6.07) is 0. The molecule has 132 valence electrons. The van der Waals surface area contributed by atoms with Gasteiger partial charge >= 0.3 is 0 Å². The molecule has 0 amide bonds. The van der Waals surface area contributed by atoms with Crippen molar-refractivity contribution in [2.75, 3.05) is 26.2 Å². The lowest BCUT2D eigenvalue weighted by Gasteiger charge is -2.21. The summed E-state index contributed by atoms with van der Waals surface area (Å²) in [4.78, 5) is 4.68. The molecule has 2 rings (SSSR count). The molecule has 23 heavy (non-hydrogen) atoms. The molecule has 0 bridgehead atoms. The van der Waals surface area contributed by atoms with Gasteiger partial charge in [0.1, 0.15) is 8.64 Å². The molecule has 2 aliphatic rings. The number of rotatable bonds is 6. The van der Waals surface area contributed by atoms with Crippen LogP contribution in [-0.2, 0) is 0 Å². The molecule has 2 nitrogen and oxygen atoms in total. The van der Waals surface area contributed by atoms with E-state index < -0.39 is 0 Å². The van der Waals surface area contributed by atoms with E-state index in [-0.39, 0.29) is 0 Å². The second kappa shape index (κ2) is 11.3. The van der Waals surface area contributed by atoms with Gasteiger partial charge in [0.25, 0.3) is 0 Å². The Morgan fingerprint density at radius 1 is 0.739 bits per heavy atom. The number of thioether (sulfide) groups is 1. The summed E-state index contributed by atoms with van der Waals surface area (Å²) in [5.41, 5.74) is 0. The van der Waals surface area contributed by atoms with Gasteiger partial charge in [0.15, 0.2) is 0 Å². The van der Waals surface area contributed by atoms with E-state index >= 15 is 0 Å². The summed E-state index contributed by atoms with van der Waals surface area (Å²) in [5.74, 6) is 0. The van der Waals surface area contributed by atoms with Crippen molar-refractivity contribution in [2.45, 2.75) is 48.7 Å². The molecule has 2 atom stereocenters. The van der Waals surface area contributed by atoms with Crippen molar-refractivity contribution in [3.63, 3.8) is 0 Å². The lowest BCUT2D eigenvalue weighted by Crippen LogP contribution is -2.22. The van der Waals surface area contributed by atoms with Crippen LogP contribution in [0.5, 0.6) is 0 Å². The van der Waals surface area contributed by atoms with Crippen molar-refractivity contribution in [3.8, 4) is 0 Å². The first-order valence-corrected chi connectivity index (χ1v) is 14.1. The van der Waals surface area contributed by atoms with Crippen molar-refractivity contribution in [1.29, 1.82) is 0 Å². The molecular weight excluding hydrogens is 421 g/mol. The molecule has 0 spiro atoms. The van der Waals surface area contributed by atoms with Crippen LogP contribution in [0.3, 0.4) is 0 Å². The van der Waals surface area contributed by atoms with Gasteiger partial charge in [0.2, 0.25) is 0 Å². The number of hydrogen-bond acceptors (Lipinski definition) is 7. The van der Waals surface area contributed by atoms with Crippen molar-refractivity contribution in [2.24, 2.45) is 0 Å². The molecule has 2 aliphatic heterocycles. The standard InChI is InChI=1S/C14H24N2S7/c1-11(20-22-13(17)15-7-3-4-8-15)19-12(2)21-23-14(18)16-9-5-6-10-16/h11-12H,3-10H2,1-2H3. The Kier molecular flexibility index (Phi) is 10.2. The van der Waals surface area contributed by atoms with E-state index in [4.69, 9.17) is 24.4 Å². The summed E-state index contributed by atoms with van der Waals surface area (Å²) in [7, 11) is 7.32.